The fraction of sp³-hybridized carbons (Fsp3) is 0.469. The van der Waals surface area contributed by atoms with E-state index in [-0.39, 0.29) is 41.8 Å². The molecule has 1 aliphatic heterocycles. The number of rotatable bonds is 10. The maximum absolute atomic E-state index is 14.5. The van der Waals surface area contributed by atoms with Gasteiger partial charge in [0.25, 0.3) is 12.2 Å². The number of aromatic nitrogens is 3. The summed E-state index contributed by atoms with van der Waals surface area (Å²) in [4.78, 5) is 15.6. The van der Waals surface area contributed by atoms with Crippen LogP contribution in [0.15, 0.2) is 49.6 Å². The molecular formula is C32H38F3N6O2+. The Labute approximate surface area is 249 Å². The molecule has 0 saturated heterocycles. The number of nitrogens with one attached hydrogen (secondary N) is 2. The van der Waals surface area contributed by atoms with Crippen LogP contribution >= 0.6 is 0 Å². The number of carbonyl (C=O) groups is 1. The lowest BCUT2D eigenvalue weighted by atomic mass is 9.76. The van der Waals surface area contributed by atoms with Crippen molar-refractivity contribution < 1.29 is 27.3 Å². The fourth-order valence-electron chi connectivity index (χ4n) is 6.41. The minimum absolute atomic E-state index is 0.00201. The molecule has 11 heteroatoms. The number of alkyl halides is 3. The number of methoxy groups -OCH3 is 1. The Bertz CT molecular complexity index is 1560. The van der Waals surface area contributed by atoms with E-state index in [2.05, 4.69) is 29.2 Å². The van der Waals surface area contributed by atoms with Crippen LogP contribution in [0.25, 0.3) is 5.69 Å². The van der Waals surface area contributed by atoms with Crippen molar-refractivity contribution >= 4 is 17.3 Å². The Morgan fingerprint density at radius 3 is 2.60 bits per heavy atom. The van der Waals surface area contributed by atoms with Crippen molar-refractivity contribution in [2.24, 2.45) is 7.05 Å². The highest BCUT2D eigenvalue weighted by atomic mass is 19.4. The van der Waals surface area contributed by atoms with Gasteiger partial charge in [-0.1, -0.05) is 10.8 Å². The van der Waals surface area contributed by atoms with E-state index in [1.54, 1.807) is 41.2 Å². The summed E-state index contributed by atoms with van der Waals surface area (Å²) in [7, 11) is 3.54. The van der Waals surface area contributed by atoms with E-state index < -0.39 is 17.6 Å². The third-order valence-electron chi connectivity index (χ3n) is 9.19. The fourth-order valence-corrected chi connectivity index (χ4v) is 6.41. The molecule has 2 saturated carbocycles. The lowest BCUT2D eigenvalue weighted by Crippen LogP contribution is -2.47. The maximum atomic E-state index is 14.5. The molecule has 1 aromatic heterocycles. The van der Waals surface area contributed by atoms with Gasteiger partial charge in [-0.25, -0.2) is 4.57 Å². The van der Waals surface area contributed by atoms with Crippen molar-refractivity contribution in [1.29, 1.82) is 0 Å². The van der Waals surface area contributed by atoms with E-state index in [1.165, 1.54) is 11.0 Å². The number of aryl methyl sites for hydroxylation is 1. The van der Waals surface area contributed by atoms with E-state index in [0.717, 1.165) is 43.4 Å². The summed E-state index contributed by atoms with van der Waals surface area (Å²) in [5.74, 6) is -0.319. The van der Waals surface area contributed by atoms with E-state index in [0.29, 0.717) is 23.5 Å². The molecule has 0 bridgehead atoms. The molecule has 6 rings (SSSR count). The van der Waals surface area contributed by atoms with Crippen LogP contribution in [0, 0.1) is 0 Å². The van der Waals surface area contributed by atoms with Crippen molar-refractivity contribution in [3.63, 3.8) is 0 Å². The molecule has 2 heterocycles. The van der Waals surface area contributed by atoms with Gasteiger partial charge in [0.2, 0.25) is 6.33 Å². The monoisotopic (exact) mass is 595 g/mol. The number of ether oxygens (including phenoxy) is 1. The average Bonchev–Trinajstić information content (AvgIpc) is 3.50. The summed E-state index contributed by atoms with van der Waals surface area (Å²) in [6.45, 7) is 6.44. The molecule has 0 atom stereocenters. The summed E-state index contributed by atoms with van der Waals surface area (Å²) in [5.41, 5.74) is 2.61. The van der Waals surface area contributed by atoms with E-state index in [9.17, 15) is 18.0 Å². The lowest BCUT2D eigenvalue weighted by Gasteiger charge is -2.39. The predicted molar refractivity (Wildman–Crippen MR) is 157 cm³/mol. The zero-order chi connectivity index (χ0) is 30.5. The number of anilines is 2. The van der Waals surface area contributed by atoms with Gasteiger partial charge in [0.15, 0.2) is 5.69 Å². The van der Waals surface area contributed by atoms with Crippen LogP contribution in [0.4, 0.5) is 24.5 Å². The second kappa shape index (κ2) is 11.1. The first-order valence-corrected chi connectivity index (χ1v) is 14.8. The van der Waals surface area contributed by atoms with Gasteiger partial charge in [-0.3, -0.25) is 4.79 Å². The Kier molecular flexibility index (Phi) is 7.58. The summed E-state index contributed by atoms with van der Waals surface area (Å²) < 4.78 is 52.5. The Morgan fingerprint density at radius 2 is 2.00 bits per heavy atom. The molecule has 0 spiro atoms. The number of hydrogen-bond acceptors (Lipinski definition) is 5. The number of fused-ring (bicyclic) bond motifs is 1. The molecule has 3 aliphatic rings. The number of carbonyl (C=O) groups excluding carboxylic acids is 1. The second-order valence-corrected chi connectivity index (χ2v) is 12.3. The first kappa shape index (κ1) is 29.4. The van der Waals surface area contributed by atoms with Crippen LogP contribution in [0.2, 0.25) is 0 Å². The SMILES string of the molecule is C=CCNc1cc(C2CC(OC)C2)c(-n2c[n+](C)cn2)c(N2Cc3c(cc(CNC4(C)CCC4)cc3C(F)(F)F)C2=O)c1. The van der Waals surface area contributed by atoms with Crippen molar-refractivity contribution in [2.45, 2.75) is 75.9 Å². The topological polar surface area (TPSA) is 75.3 Å². The zero-order valence-corrected chi connectivity index (χ0v) is 24.8. The number of hydrogen-bond donors (Lipinski definition) is 2. The van der Waals surface area contributed by atoms with Crippen LogP contribution in [0.3, 0.4) is 0 Å². The molecule has 0 unspecified atom stereocenters. The molecule has 228 valence electrons. The van der Waals surface area contributed by atoms with Crippen molar-refractivity contribution in [3.8, 4) is 5.69 Å². The first-order chi connectivity index (χ1) is 20.5. The highest BCUT2D eigenvalue weighted by Crippen LogP contribution is 2.47. The molecule has 2 aromatic carbocycles. The number of nitrogens with zero attached hydrogens (tertiary/aromatic N) is 4. The normalized spacial score (nSPS) is 20.9. The minimum Gasteiger partial charge on any atom is -0.382 e. The third-order valence-corrected chi connectivity index (χ3v) is 9.19. The first-order valence-electron chi connectivity index (χ1n) is 14.8. The number of amides is 1. The molecule has 2 N–H and O–H groups in total. The number of benzene rings is 2. The van der Waals surface area contributed by atoms with Gasteiger partial charge in [-0.15, -0.1) is 6.58 Å². The quantitative estimate of drug-likeness (QED) is 0.243. The predicted octanol–water partition coefficient (Wildman–Crippen LogP) is 5.40. The van der Waals surface area contributed by atoms with E-state index in [4.69, 9.17) is 4.74 Å². The van der Waals surface area contributed by atoms with Crippen LogP contribution in [-0.4, -0.2) is 41.0 Å². The molecule has 2 fully saturated rings. The van der Waals surface area contributed by atoms with Gasteiger partial charge in [0.1, 0.15) is 0 Å². The second-order valence-electron chi connectivity index (χ2n) is 12.3. The number of halogens is 3. The Balaban J connectivity index is 1.46. The van der Waals surface area contributed by atoms with Crippen LogP contribution in [-0.2, 0) is 31.1 Å². The lowest BCUT2D eigenvalue weighted by molar-refractivity contribution is -0.672. The average molecular weight is 596 g/mol. The van der Waals surface area contributed by atoms with Gasteiger partial charge < -0.3 is 20.3 Å². The molecule has 2 aliphatic carbocycles. The van der Waals surface area contributed by atoms with Gasteiger partial charge >= 0.3 is 6.18 Å². The minimum atomic E-state index is -4.60. The molecule has 43 heavy (non-hydrogen) atoms. The molecule has 0 radical (unpaired) electrons. The van der Waals surface area contributed by atoms with Gasteiger partial charge in [0.05, 0.1) is 30.9 Å². The summed E-state index contributed by atoms with van der Waals surface area (Å²) in [5, 5.41) is 11.3. The standard InChI is InChI=1S/C32H38F3N6O2/c1-5-9-36-22-14-24(21-12-23(13-21)43-4)29(41-19-39(3)18-38-41)28(15-22)40-17-26-25(30(40)42)10-20(11-27(26)32(33,34)35)16-37-31(2)7-6-8-31/h5,10-11,14-15,18-19,21,23,36-37H,1,6-9,12-13,16-17H2,2-4H3/q+1. The summed E-state index contributed by atoms with van der Waals surface area (Å²) in [6.07, 6.45) is 5.36. The van der Waals surface area contributed by atoms with E-state index >= 15 is 0 Å². The van der Waals surface area contributed by atoms with Crippen LogP contribution in [0.1, 0.15) is 77.6 Å². The maximum Gasteiger partial charge on any atom is 0.416 e. The largest absolute Gasteiger partial charge is 0.416 e. The zero-order valence-electron chi connectivity index (χ0n) is 24.8. The smallest absolute Gasteiger partial charge is 0.382 e. The van der Waals surface area contributed by atoms with Crippen molar-refractivity contribution in [1.82, 2.24) is 15.1 Å². The molecule has 1 amide bonds. The molecule has 8 nitrogen and oxygen atoms in total. The van der Waals surface area contributed by atoms with Gasteiger partial charge in [0, 0.05) is 47.7 Å². The van der Waals surface area contributed by atoms with Crippen LogP contribution < -0.4 is 20.1 Å². The van der Waals surface area contributed by atoms with Gasteiger partial charge in [-0.2, -0.15) is 13.2 Å². The third kappa shape index (κ3) is 5.56. The molecule has 3 aromatic rings. The molecular weight excluding hydrogens is 557 g/mol. The Hall–Kier alpha value is -3.70. The highest BCUT2D eigenvalue weighted by Gasteiger charge is 2.43. The van der Waals surface area contributed by atoms with Crippen molar-refractivity contribution in [3.05, 3.63) is 77.4 Å². The highest BCUT2D eigenvalue weighted by molar-refractivity contribution is 6.11. The summed E-state index contributed by atoms with van der Waals surface area (Å²) in [6, 6.07) is 6.70. The Morgan fingerprint density at radius 1 is 1.23 bits per heavy atom. The van der Waals surface area contributed by atoms with Gasteiger partial charge in [-0.05, 0) is 80.3 Å². The summed E-state index contributed by atoms with van der Waals surface area (Å²) >= 11 is 0. The van der Waals surface area contributed by atoms with Crippen LogP contribution in [0.5, 0.6) is 0 Å². The van der Waals surface area contributed by atoms with Crippen molar-refractivity contribution in [2.75, 3.05) is 23.9 Å². The van der Waals surface area contributed by atoms with E-state index in [1.807, 2.05) is 19.2 Å².